The van der Waals surface area contributed by atoms with E-state index in [9.17, 15) is 13.2 Å². The van der Waals surface area contributed by atoms with Crippen molar-refractivity contribution in [3.63, 3.8) is 0 Å². The lowest BCUT2D eigenvalue weighted by Crippen LogP contribution is -2.17. The van der Waals surface area contributed by atoms with Gasteiger partial charge < -0.3 is 5.73 Å². The number of hydrogen-bond acceptors (Lipinski definition) is 2. The zero-order valence-electron chi connectivity index (χ0n) is 12.8. The van der Waals surface area contributed by atoms with Gasteiger partial charge in [-0.05, 0) is 42.2 Å². The average Bonchev–Trinajstić information content (AvgIpc) is 2.45. The summed E-state index contributed by atoms with van der Waals surface area (Å²) in [5, 5.41) is 0. The van der Waals surface area contributed by atoms with Gasteiger partial charge in [0.05, 0.1) is 11.3 Å². The van der Waals surface area contributed by atoms with Gasteiger partial charge in [-0.15, -0.1) is 0 Å². The van der Waals surface area contributed by atoms with Crippen LogP contribution in [0.2, 0.25) is 0 Å². The van der Waals surface area contributed by atoms with Crippen molar-refractivity contribution in [3.05, 3.63) is 53.2 Å². The number of aryl methyl sites for hydroxylation is 1. The van der Waals surface area contributed by atoms with E-state index >= 15 is 0 Å². The van der Waals surface area contributed by atoms with Crippen molar-refractivity contribution in [3.8, 4) is 11.3 Å². The standard InChI is InChI=1S/C17H19F3N2/c1-10(2)16(21)14-6-4-12(8-11(14)3)15-7-5-13(9-22-15)17(18,19)20/h4-10,16H,21H2,1-3H3. The molecule has 1 atom stereocenters. The maximum absolute atomic E-state index is 12.5. The molecule has 1 heterocycles. The average molecular weight is 308 g/mol. The van der Waals surface area contributed by atoms with Crippen LogP contribution in [0, 0.1) is 12.8 Å². The molecule has 2 N–H and O–H groups in total. The Morgan fingerprint density at radius 3 is 2.23 bits per heavy atom. The third kappa shape index (κ3) is 3.47. The summed E-state index contributed by atoms with van der Waals surface area (Å²) in [6.45, 7) is 6.05. The molecule has 0 aliphatic rings. The molecule has 2 nitrogen and oxygen atoms in total. The molecule has 0 spiro atoms. The summed E-state index contributed by atoms with van der Waals surface area (Å²) in [6.07, 6.45) is -3.51. The van der Waals surface area contributed by atoms with Gasteiger partial charge in [0.2, 0.25) is 0 Å². The van der Waals surface area contributed by atoms with Gasteiger partial charge in [-0.3, -0.25) is 4.98 Å². The van der Waals surface area contributed by atoms with Gasteiger partial charge in [0.15, 0.2) is 0 Å². The van der Waals surface area contributed by atoms with Crippen molar-refractivity contribution < 1.29 is 13.2 Å². The number of benzene rings is 1. The Morgan fingerprint density at radius 2 is 1.77 bits per heavy atom. The fourth-order valence-corrected chi connectivity index (χ4v) is 2.30. The van der Waals surface area contributed by atoms with Gasteiger partial charge >= 0.3 is 6.18 Å². The zero-order chi connectivity index (χ0) is 16.5. The van der Waals surface area contributed by atoms with Gasteiger partial charge in [-0.2, -0.15) is 13.2 Å². The molecule has 0 amide bonds. The highest BCUT2D eigenvalue weighted by molar-refractivity contribution is 5.61. The molecular formula is C17H19F3N2. The van der Waals surface area contributed by atoms with Crippen molar-refractivity contribution in [2.24, 2.45) is 11.7 Å². The van der Waals surface area contributed by atoms with Crippen LogP contribution in [-0.2, 0) is 6.18 Å². The minimum atomic E-state index is -4.37. The summed E-state index contributed by atoms with van der Waals surface area (Å²) >= 11 is 0. The summed E-state index contributed by atoms with van der Waals surface area (Å²) in [6, 6.07) is 8.06. The van der Waals surface area contributed by atoms with Crippen LogP contribution in [0.1, 0.15) is 36.6 Å². The molecule has 0 radical (unpaired) electrons. The molecule has 1 aromatic heterocycles. The van der Waals surface area contributed by atoms with Crippen LogP contribution in [0.25, 0.3) is 11.3 Å². The van der Waals surface area contributed by atoms with Crippen LogP contribution in [0.15, 0.2) is 36.5 Å². The Kier molecular flexibility index (Phi) is 4.56. The quantitative estimate of drug-likeness (QED) is 0.890. The predicted octanol–water partition coefficient (Wildman–Crippen LogP) is 4.73. The highest BCUT2D eigenvalue weighted by Crippen LogP contribution is 2.31. The maximum Gasteiger partial charge on any atom is 0.417 e. The number of halogens is 3. The van der Waals surface area contributed by atoms with Crippen LogP contribution in [-0.4, -0.2) is 4.98 Å². The molecule has 0 aliphatic carbocycles. The van der Waals surface area contributed by atoms with Crippen LogP contribution >= 0.6 is 0 Å². The van der Waals surface area contributed by atoms with Gasteiger partial charge in [-0.1, -0.05) is 26.0 Å². The van der Waals surface area contributed by atoms with Crippen LogP contribution in [0.3, 0.4) is 0 Å². The molecule has 0 saturated carbocycles. The maximum atomic E-state index is 12.5. The van der Waals surface area contributed by atoms with Crippen molar-refractivity contribution in [2.45, 2.75) is 33.0 Å². The number of rotatable bonds is 3. The fraction of sp³-hybridized carbons (Fsp3) is 0.353. The Labute approximate surface area is 128 Å². The molecule has 2 aromatic rings. The summed E-state index contributed by atoms with van der Waals surface area (Å²) < 4.78 is 37.6. The van der Waals surface area contributed by atoms with E-state index in [0.717, 1.165) is 29.0 Å². The predicted molar refractivity (Wildman–Crippen MR) is 81.2 cm³/mol. The molecule has 1 unspecified atom stereocenters. The number of nitrogens with zero attached hydrogens (tertiary/aromatic N) is 1. The van der Waals surface area contributed by atoms with E-state index in [4.69, 9.17) is 5.73 Å². The van der Waals surface area contributed by atoms with Crippen LogP contribution in [0.5, 0.6) is 0 Å². The molecule has 0 bridgehead atoms. The molecule has 2 rings (SSSR count). The topological polar surface area (TPSA) is 38.9 Å². The summed E-state index contributed by atoms with van der Waals surface area (Å²) in [7, 11) is 0. The van der Waals surface area contributed by atoms with Crippen molar-refractivity contribution >= 4 is 0 Å². The summed E-state index contributed by atoms with van der Waals surface area (Å²) in [5.74, 6) is 0.314. The lowest BCUT2D eigenvalue weighted by atomic mass is 9.92. The van der Waals surface area contributed by atoms with Gasteiger partial charge in [-0.25, -0.2) is 0 Å². The largest absolute Gasteiger partial charge is 0.417 e. The first-order valence-electron chi connectivity index (χ1n) is 7.10. The number of hydrogen-bond donors (Lipinski definition) is 1. The monoisotopic (exact) mass is 308 g/mol. The van der Waals surface area contributed by atoms with Crippen molar-refractivity contribution in [1.82, 2.24) is 4.98 Å². The second-order valence-electron chi connectivity index (χ2n) is 5.77. The molecule has 5 heteroatoms. The SMILES string of the molecule is Cc1cc(-c2ccc(C(F)(F)F)cn2)ccc1C(N)C(C)C. The van der Waals surface area contributed by atoms with Crippen LogP contribution < -0.4 is 5.73 Å². The summed E-state index contributed by atoms with van der Waals surface area (Å²) in [4.78, 5) is 3.91. The third-order valence-corrected chi connectivity index (χ3v) is 3.73. The molecular weight excluding hydrogens is 289 g/mol. The summed E-state index contributed by atoms with van der Waals surface area (Å²) in [5.41, 5.74) is 8.77. The molecule has 22 heavy (non-hydrogen) atoms. The Morgan fingerprint density at radius 1 is 1.09 bits per heavy atom. The Bertz CT molecular complexity index is 646. The van der Waals surface area contributed by atoms with Gasteiger partial charge in [0.25, 0.3) is 0 Å². The zero-order valence-corrected chi connectivity index (χ0v) is 12.8. The van der Waals surface area contributed by atoms with E-state index in [-0.39, 0.29) is 6.04 Å². The normalized spacial score (nSPS) is 13.5. The number of pyridine rings is 1. The van der Waals surface area contributed by atoms with E-state index < -0.39 is 11.7 Å². The second kappa shape index (κ2) is 6.08. The number of aromatic nitrogens is 1. The lowest BCUT2D eigenvalue weighted by Gasteiger charge is -2.19. The minimum Gasteiger partial charge on any atom is -0.324 e. The Balaban J connectivity index is 2.32. The van der Waals surface area contributed by atoms with Crippen LogP contribution in [0.4, 0.5) is 13.2 Å². The van der Waals surface area contributed by atoms with Crippen molar-refractivity contribution in [2.75, 3.05) is 0 Å². The van der Waals surface area contributed by atoms with E-state index in [2.05, 4.69) is 18.8 Å². The van der Waals surface area contributed by atoms with Crippen molar-refractivity contribution in [1.29, 1.82) is 0 Å². The smallest absolute Gasteiger partial charge is 0.324 e. The molecule has 0 saturated heterocycles. The molecule has 0 fully saturated rings. The van der Waals surface area contributed by atoms with E-state index in [1.165, 1.54) is 6.07 Å². The highest BCUT2D eigenvalue weighted by atomic mass is 19.4. The van der Waals surface area contributed by atoms with E-state index in [0.29, 0.717) is 11.6 Å². The second-order valence-corrected chi connectivity index (χ2v) is 5.77. The minimum absolute atomic E-state index is 0.0605. The molecule has 0 aliphatic heterocycles. The first kappa shape index (κ1) is 16.5. The lowest BCUT2D eigenvalue weighted by molar-refractivity contribution is -0.137. The first-order chi connectivity index (χ1) is 10.2. The number of nitrogens with two attached hydrogens (primary N) is 1. The Hall–Kier alpha value is -1.88. The van der Waals surface area contributed by atoms with E-state index in [1.54, 1.807) is 0 Å². The molecule has 1 aromatic carbocycles. The molecule has 118 valence electrons. The first-order valence-corrected chi connectivity index (χ1v) is 7.10. The fourth-order valence-electron chi connectivity index (χ4n) is 2.30. The third-order valence-electron chi connectivity index (χ3n) is 3.73. The van der Waals surface area contributed by atoms with Gasteiger partial charge in [0.1, 0.15) is 0 Å². The number of alkyl halides is 3. The van der Waals surface area contributed by atoms with E-state index in [1.807, 2.05) is 25.1 Å². The van der Waals surface area contributed by atoms with Gasteiger partial charge in [0, 0.05) is 17.8 Å². The highest BCUT2D eigenvalue weighted by Gasteiger charge is 2.30.